The molecule has 1 heteroatoms. The number of allylic oxidation sites excluding steroid dienone is 18. The zero-order valence-electron chi connectivity index (χ0n) is 18.5. The number of likely N-dealkylation sites (N-methyl/N-ethyl adjacent to an activating group) is 1. The minimum absolute atomic E-state index is 0.914. The Labute approximate surface area is 178 Å². The molecule has 0 fully saturated rings. The van der Waals surface area contributed by atoms with Crippen molar-refractivity contribution in [2.24, 2.45) is 0 Å². The third kappa shape index (κ3) is 9.12. The Balaban J connectivity index is 3.48. The predicted octanol–water partition coefficient (Wildman–Crippen LogP) is 7.62. The fourth-order valence-corrected chi connectivity index (χ4v) is 2.71. The third-order valence-electron chi connectivity index (χ3n) is 4.69. The molecular weight excluding hydrogens is 350 g/mol. The van der Waals surface area contributed by atoms with Crippen molar-refractivity contribution >= 4 is 0 Å². The predicted molar refractivity (Wildman–Crippen MR) is 132 cm³/mol. The highest BCUT2D eigenvalue weighted by Crippen LogP contribution is 2.23. The first-order valence-electron chi connectivity index (χ1n) is 10.0. The van der Waals surface area contributed by atoms with Crippen LogP contribution in [0.25, 0.3) is 0 Å². The van der Waals surface area contributed by atoms with Crippen molar-refractivity contribution in [1.82, 2.24) is 5.32 Å². The Hall–Kier alpha value is -3.06. The largest absolute Gasteiger partial charge is 0.388 e. The van der Waals surface area contributed by atoms with Crippen LogP contribution in [0.1, 0.15) is 33.6 Å². The second kappa shape index (κ2) is 13.2. The quantitative estimate of drug-likeness (QED) is 0.381. The van der Waals surface area contributed by atoms with Gasteiger partial charge in [0.25, 0.3) is 0 Å². The van der Waals surface area contributed by atoms with E-state index in [1.54, 1.807) is 6.08 Å². The molecule has 0 aromatic rings. The topological polar surface area (TPSA) is 12.0 Å². The number of hydrogen-bond donors (Lipinski definition) is 1. The van der Waals surface area contributed by atoms with E-state index < -0.39 is 0 Å². The molecule has 0 heterocycles. The summed E-state index contributed by atoms with van der Waals surface area (Å²) >= 11 is 0. The van der Waals surface area contributed by atoms with E-state index in [0.717, 1.165) is 40.8 Å². The lowest BCUT2D eigenvalue weighted by Gasteiger charge is -2.11. The SMILES string of the molecule is C=C\C=C/C(C=C/C=C(/C)C=C)=C/C(=C/C1=C(C)CCC=C1)/C=C(\C)C(=C)NC. The van der Waals surface area contributed by atoms with Gasteiger partial charge in [0.2, 0.25) is 0 Å². The van der Waals surface area contributed by atoms with Crippen LogP contribution in [0.3, 0.4) is 0 Å². The van der Waals surface area contributed by atoms with E-state index in [-0.39, 0.29) is 0 Å². The highest BCUT2D eigenvalue weighted by atomic mass is 14.8. The van der Waals surface area contributed by atoms with Gasteiger partial charge < -0.3 is 5.32 Å². The standard InChI is InChI=1S/C28H35N/c1-8-10-16-26(17-13-14-22(3)9-2)20-27(19-24(5)25(6)29-7)21-28-18-12-11-15-23(28)4/h8-10,12-14,16-21,29H,1-2,6,11,15H2,3-5,7H3/b16-10-,17-13?,22-14-,24-19+,26-20-,27-21+. The third-order valence-corrected chi connectivity index (χ3v) is 4.69. The Morgan fingerprint density at radius 3 is 2.41 bits per heavy atom. The fourth-order valence-electron chi connectivity index (χ4n) is 2.71. The van der Waals surface area contributed by atoms with Crippen molar-refractivity contribution < 1.29 is 0 Å². The Morgan fingerprint density at radius 2 is 1.79 bits per heavy atom. The number of hydrogen-bond acceptors (Lipinski definition) is 1. The fraction of sp³-hybridized carbons (Fsp3) is 0.214. The van der Waals surface area contributed by atoms with E-state index in [4.69, 9.17) is 0 Å². The molecule has 0 aliphatic heterocycles. The maximum Gasteiger partial charge on any atom is 0.0294 e. The first-order chi connectivity index (χ1) is 13.9. The van der Waals surface area contributed by atoms with Gasteiger partial charge in [0.05, 0.1) is 0 Å². The highest BCUT2D eigenvalue weighted by molar-refractivity contribution is 5.51. The Kier molecular flexibility index (Phi) is 10.9. The van der Waals surface area contributed by atoms with Gasteiger partial charge in [0.1, 0.15) is 0 Å². The monoisotopic (exact) mass is 385 g/mol. The molecule has 1 rings (SSSR count). The lowest BCUT2D eigenvalue weighted by atomic mass is 9.95. The highest BCUT2D eigenvalue weighted by Gasteiger charge is 2.04. The van der Waals surface area contributed by atoms with Crippen molar-refractivity contribution in [2.75, 3.05) is 7.05 Å². The molecule has 0 atom stereocenters. The summed E-state index contributed by atoms with van der Waals surface area (Å²) in [5, 5.41) is 3.13. The maximum absolute atomic E-state index is 4.08. The molecule has 0 aromatic carbocycles. The van der Waals surface area contributed by atoms with Gasteiger partial charge in [-0.1, -0.05) is 85.6 Å². The summed E-state index contributed by atoms with van der Waals surface area (Å²) in [4.78, 5) is 0. The molecule has 152 valence electrons. The van der Waals surface area contributed by atoms with Gasteiger partial charge in [-0.15, -0.1) is 0 Å². The molecule has 0 radical (unpaired) electrons. The van der Waals surface area contributed by atoms with Crippen LogP contribution < -0.4 is 5.32 Å². The molecule has 1 aliphatic rings. The number of nitrogens with one attached hydrogen (secondary N) is 1. The van der Waals surface area contributed by atoms with E-state index in [1.165, 1.54) is 11.1 Å². The van der Waals surface area contributed by atoms with Gasteiger partial charge in [0.15, 0.2) is 0 Å². The molecule has 0 unspecified atom stereocenters. The first kappa shape index (κ1) is 24.0. The minimum Gasteiger partial charge on any atom is -0.388 e. The molecular formula is C28H35N. The molecule has 0 saturated heterocycles. The zero-order chi connectivity index (χ0) is 21.6. The maximum atomic E-state index is 4.08. The van der Waals surface area contributed by atoms with E-state index in [0.29, 0.717) is 0 Å². The van der Waals surface area contributed by atoms with Crippen LogP contribution in [0.4, 0.5) is 0 Å². The van der Waals surface area contributed by atoms with Gasteiger partial charge in [-0.25, -0.2) is 0 Å². The minimum atomic E-state index is 0.914. The smallest absolute Gasteiger partial charge is 0.0294 e. The summed E-state index contributed by atoms with van der Waals surface area (Å²) in [7, 11) is 1.89. The van der Waals surface area contributed by atoms with Crippen LogP contribution in [-0.2, 0) is 0 Å². The van der Waals surface area contributed by atoms with Crippen LogP contribution in [0, 0.1) is 0 Å². The molecule has 0 bridgehead atoms. The summed E-state index contributed by atoms with van der Waals surface area (Å²) in [6.07, 6.45) is 27.1. The average molecular weight is 386 g/mol. The molecule has 1 nitrogen and oxygen atoms in total. The summed E-state index contributed by atoms with van der Waals surface area (Å²) in [5.41, 5.74) is 8.04. The second-order valence-corrected chi connectivity index (χ2v) is 7.09. The van der Waals surface area contributed by atoms with Gasteiger partial charge in [-0.2, -0.15) is 0 Å². The molecule has 0 aromatic heterocycles. The van der Waals surface area contributed by atoms with Crippen molar-refractivity contribution in [2.45, 2.75) is 33.6 Å². The Morgan fingerprint density at radius 1 is 1.07 bits per heavy atom. The second-order valence-electron chi connectivity index (χ2n) is 7.09. The Bertz CT molecular complexity index is 858. The van der Waals surface area contributed by atoms with Gasteiger partial charge in [0, 0.05) is 12.7 Å². The van der Waals surface area contributed by atoms with E-state index in [9.17, 15) is 0 Å². The first-order valence-corrected chi connectivity index (χ1v) is 10.0. The molecule has 0 saturated carbocycles. The zero-order valence-corrected chi connectivity index (χ0v) is 18.5. The number of rotatable bonds is 10. The molecule has 1 aliphatic carbocycles. The van der Waals surface area contributed by atoms with Gasteiger partial charge in [-0.3, -0.25) is 0 Å². The van der Waals surface area contributed by atoms with Crippen LogP contribution in [-0.4, -0.2) is 7.05 Å². The van der Waals surface area contributed by atoms with Crippen LogP contribution >= 0.6 is 0 Å². The molecule has 1 N–H and O–H groups in total. The van der Waals surface area contributed by atoms with Crippen LogP contribution in [0.2, 0.25) is 0 Å². The van der Waals surface area contributed by atoms with Crippen LogP contribution in [0.15, 0.2) is 132 Å². The van der Waals surface area contributed by atoms with Crippen molar-refractivity contribution in [3.63, 3.8) is 0 Å². The molecule has 29 heavy (non-hydrogen) atoms. The van der Waals surface area contributed by atoms with E-state index in [1.807, 2.05) is 38.3 Å². The van der Waals surface area contributed by atoms with E-state index >= 15 is 0 Å². The van der Waals surface area contributed by atoms with Crippen LogP contribution in [0.5, 0.6) is 0 Å². The molecule has 0 spiro atoms. The van der Waals surface area contributed by atoms with E-state index in [2.05, 4.69) is 81.4 Å². The molecule has 0 amide bonds. The average Bonchev–Trinajstić information content (AvgIpc) is 2.72. The lowest BCUT2D eigenvalue weighted by molar-refractivity contribution is 0.948. The van der Waals surface area contributed by atoms with Crippen molar-refractivity contribution in [3.8, 4) is 0 Å². The van der Waals surface area contributed by atoms with Gasteiger partial charge in [-0.05, 0) is 74.1 Å². The van der Waals surface area contributed by atoms with Crippen molar-refractivity contribution in [1.29, 1.82) is 0 Å². The summed E-state index contributed by atoms with van der Waals surface area (Å²) in [6, 6.07) is 0. The summed E-state index contributed by atoms with van der Waals surface area (Å²) in [5.74, 6) is 0. The van der Waals surface area contributed by atoms with Gasteiger partial charge >= 0.3 is 0 Å². The normalized spacial score (nSPS) is 16.7. The summed E-state index contributed by atoms with van der Waals surface area (Å²) in [6.45, 7) is 18.0. The summed E-state index contributed by atoms with van der Waals surface area (Å²) < 4.78 is 0. The lowest BCUT2D eigenvalue weighted by Crippen LogP contribution is -2.05. The van der Waals surface area contributed by atoms with Crippen molar-refractivity contribution in [3.05, 3.63) is 132 Å².